The first-order chi connectivity index (χ1) is 12.2. The highest BCUT2D eigenvalue weighted by molar-refractivity contribution is 7.46. The Hall–Kier alpha value is -0.460. The van der Waals surface area contributed by atoms with Crippen molar-refractivity contribution in [1.29, 1.82) is 0 Å². The zero-order valence-corrected chi connectivity index (χ0v) is 17.2. The summed E-state index contributed by atoms with van der Waals surface area (Å²) in [7, 11) is -4.61. The fraction of sp³-hybridized carbons (Fsp3) is 0.944. The molecule has 0 aromatic carbocycles. The molecule has 3 N–H and O–H groups in total. The Kier molecular flexibility index (Phi) is 15.3. The van der Waals surface area contributed by atoms with Gasteiger partial charge in [-0.25, -0.2) is 4.57 Å². The Morgan fingerprint density at radius 1 is 0.962 bits per heavy atom. The molecule has 2 unspecified atom stereocenters. The number of carbonyl (C=O) groups excluding carboxylic acids is 1. The summed E-state index contributed by atoms with van der Waals surface area (Å²) in [5, 5.41) is 9.39. The molecule has 26 heavy (non-hydrogen) atoms. The lowest BCUT2D eigenvalue weighted by Gasteiger charge is -2.12. The van der Waals surface area contributed by atoms with Crippen LogP contribution in [-0.4, -0.2) is 40.2 Å². The Morgan fingerprint density at radius 3 is 2.04 bits per heavy atom. The minimum Gasteiger partial charge on any atom is -0.463 e. The lowest BCUT2D eigenvalue weighted by Crippen LogP contribution is -2.23. The van der Waals surface area contributed by atoms with E-state index in [9.17, 15) is 14.5 Å². The van der Waals surface area contributed by atoms with E-state index >= 15 is 0 Å². The van der Waals surface area contributed by atoms with E-state index in [2.05, 4.69) is 18.4 Å². The number of unbranched alkanes of at least 4 members (excludes halogenated alkanes) is 7. The largest absolute Gasteiger partial charge is 0.469 e. The summed E-state index contributed by atoms with van der Waals surface area (Å²) in [6.45, 7) is 3.65. The van der Waals surface area contributed by atoms with Crippen molar-refractivity contribution in [3.05, 3.63) is 0 Å². The first kappa shape index (κ1) is 25.5. The summed E-state index contributed by atoms with van der Waals surface area (Å²) >= 11 is 0. The fourth-order valence-electron chi connectivity index (χ4n) is 2.52. The molecule has 0 aromatic heterocycles. The maximum absolute atomic E-state index is 11.5. The van der Waals surface area contributed by atoms with Crippen LogP contribution in [0.5, 0.6) is 0 Å². The van der Waals surface area contributed by atoms with E-state index in [1.165, 1.54) is 44.9 Å². The maximum atomic E-state index is 11.5. The second kappa shape index (κ2) is 15.6. The Labute approximate surface area is 157 Å². The number of aliphatic hydroxyl groups is 1. The van der Waals surface area contributed by atoms with Gasteiger partial charge in [0, 0.05) is 6.42 Å². The van der Waals surface area contributed by atoms with E-state index in [0.717, 1.165) is 25.2 Å². The van der Waals surface area contributed by atoms with E-state index in [1.807, 2.05) is 0 Å². The van der Waals surface area contributed by atoms with Gasteiger partial charge in [-0.15, -0.1) is 0 Å². The molecule has 0 saturated heterocycles. The van der Waals surface area contributed by atoms with E-state index in [0.29, 0.717) is 6.42 Å². The highest BCUT2D eigenvalue weighted by atomic mass is 31.2. The van der Waals surface area contributed by atoms with Gasteiger partial charge in [0.2, 0.25) is 0 Å². The van der Waals surface area contributed by atoms with Crippen LogP contribution in [0.25, 0.3) is 0 Å². The third kappa shape index (κ3) is 18.3. The smallest absolute Gasteiger partial charge is 0.463 e. The van der Waals surface area contributed by atoms with Gasteiger partial charge >= 0.3 is 13.8 Å². The number of carbonyl (C=O) groups is 1. The van der Waals surface area contributed by atoms with Crippen molar-refractivity contribution < 1.29 is 33.5 Å². The van der Waals surface area contributed by atoms with Crippen LogP contribution >= 0.6 is 7.82 Å². The van der Waals surface area contributed by atoms with Gasteiger partial charge in [-0.05, 0) is 12.3 Å². The molecule has 0 spiro atoms. The number of phosphoric ester groups is 1. The molecule has 2 atom stereocenters. The number of hydrogen-bond donors (Lipinski definition) is 3. The zero-order chi connectivity index (χ0) is 19.8. The highest BCUT2D eigenvalue weighted by Crippen LogP contribution is 2.35. The second-order valence-electron chi connectivity index (χ2n) is 7.00. The molecule has 0 aliphatic rings. The Bertz CT molecular complexity index is 397. The van der Waals surface area contributed by atoms with Crippen LogP contribution < -0.4 is 0 Å². The van der Waals surface area contributed by atoms with Crippen molar-refractivity contribution in [2.75, 3.05) is 13.2 Å². The van der Waals surface area contributed by atoms with Crippen LogP contribution in [-0.2, 0) is 18.6 Å². The number of hydrogen-bond acceptors (Lipinski definition) is 5. The van der Waals surface area contributed by atoms with E-state index in [4.69, 9.17) is 14.5 Å². The number of ether oxygens (including phenoxy) is 1. The molecule has 8 heteroatoms. The topological polar surface area (TPSA) is 113 Å². The summed E-state index contributed by atoms with van der Waals surface area (Å²) in [5.41, 5.74) is 0. The normalized spacial score (nSPS) is 14.2. The number of esters is 1. The molecule has 0 aliphatic carbocycles. The molecule has 0 rings (SSSR count). The molecule has 0 saturated carbocycles. The Morgan fingerprint density at radius 2 is 1.50 bits per heavy atom. The quantitative estimate of drug-likeness (QED) is 0.194. The van der Waals surface area contributed by atoms with Crippen LogP contribution in [0.2, 0.25) is 0 Å². The minimum atomic E-state index is -4.61. The number of phosphoric acid groups is 1. The summed E-state index contributed by atoms with van der Waals surface area (Å²) < 4.78 is 19.4. The lowest BCUT2D eigenvalue weighted by atomic mass is 9.99. The van der Waals surface area contributed by atoms with Gasteiger partial charge in [0.15, 0.2) is 0 Å². The van der Waals surface area contributed by atoms with Crippen molar-refractivity contribution in [3.63, 3.8) is 0 Å². The summed E-state index contributed by atoms with van der Waals surface area (Å²) in [4.78, 5) is 28.5. The first-order valence-corrected chi connectivity index (χ1v) is 11.3. The van der Waals surface area contributed by atoms with E-state index in [1.54, 1.807) is 0 Å². The Balaban J connectivity index is 3.40. The minimum absolute atomic E-state index is 0.293. The van der Waals surface area contributed by atoms with Gasteiger partial charge in [-0.1, -0.05) is 71.6 Å². The average molecular weight is 396 g/mol. The molecule has 0 aromatic rings. The van der Waals surface area contributed by atoms with Gasteiger partial charge in [-0.2, -0.15) is 0 Å². The average Bonchev–Trinajstić information content (AvgIpc) is 2.58. The van der Waals surface area contributed by atoms with Crippen LogP contribution in [0, 0.1) is 5.92 Å². The molecule has 0 bridgehead atoms. The molecular formula is C18H37O7P. The number of rotatable bonds is 17. The SMILES string of the molecule is CCC(C)CCCCCCCCCCC(=O)OCC(O)COP(=O)(O)O. The van der Waals surface area contributed by atoms with E-state index < -0.39 is 26.5 Å². The van der Waals surface area contributed by atoms with Crippen molar-refractivity contribution in [1.82, 2.24) is 0 Å². The third-order valence-corrected chi connectivity index (χ3v) is 4.88. The monoisotopic (exact) mass is 396 g/mol. The molecular weight excluding hydrogens is 359 g/mol. The van der Waals surface area contributed by atoms with E-state index in [-0.39, 0.29) is 6.61 Å². The number of aliphatic hydroxyl groups excluding tert-OH is 1. The predicted octanol–water partition coefficient (Wildman–Crippen LogP) is 3.95. The molecule has 0 radical (unpaired) electrons. The molecule has 0 aliphatic heterocycles. The summed E-state index contributed by atoms with van der Waals surface area (Å²) in [6, 6.07) is 0. The van der Waals surface area contributed by atoms with Crippen molar-refractivity contribution >= 4 is 13.8 Å². The molecule has 0 amide bonds. The summed E-state index contributed by atoms with van der Waals surface area (Å²) in [5.74, 6) is 0.430. The van der Waals surface area contributed by atoms with Crippen molar-refractivity contribution in [3.8, 4) is 0 Å². The van der Waals surface area contributed by atoms with Crippen LogP contribution in [0.1, 0.15) is 84.5 Å². The fourth-order valence-corrected chi connectivity index (χ4v) is 2.89. The molecule has 156 valence electrons. The van der Waals surface area contributed by atoms with Crippen LogP contribution in [0.15, 0.2) is 0 Å². The van der Waals surface area contributed by atoms with Gasteiger partial charge in [0.1, 0.15) is 12.7 Å². The summed E-state index contributed by atoms with van der Waals surface area (Å²) in [6.07, 6.45) is 10.8. The maximum Gasteiger partial charge on any atom is 0.469 e. The molecule has 7 nitrogen and oxygen atoms in total. The van der Waals surface area contributed by atoms with Gasteiger partial charge < -0.3 is 19.6 Å². The third-order valence-electron chi connectivity index (χ3n) is 4.40. The molecule has 0 fully saturated rings. The van der Waals surface area contributed by atoms with Gasteiger partial charge in [0.25, 0.3) is 0 Å². The van der Waals surface area contributed by atoms with Gasteiger partial charge in [-0.3, -0.25) is 9.32 Å². The highest BCUT2D eigenvalue weighted by Gasteiger charge is 2.17. The predicted molar refractivity (Wildman–Crippen MR) is 101 cm³/mol. The zero-order valence-electron chi connectivity index (χ0n) is 16.3. The second-order valence-corrected chi connectivity index (χ2v) is 8.24. The molecule has 0 heterocycles. The van der Waals surface area contributed by atoms with Crippen molar-refractivity contribution in [2.24, 2.45) is 5.92 Å². The van der Waals surface area contributed by atoms with Crippen LogP contribution in [0.4, 0.5) is 0 Å². The van der Waals surface area contributed by atoms with Crippen LogP contribution in [0.3, 0.4) is 0 Å². The first-order valence-electron chi connectivity index (χ1n) is 9.78. The van der Waals surface area contributed by atoms with Crippen molar-refractivity contribution in [2.45, 2.75) is 90.6 Å². The standard InChI is InChI=1S/C18H37O7P/c1-3-16(2)12-10-8-6-4-5-7-9-11-13-18(20)24-14-17(19)15-25-26(21,22)23/h16-17,19H,3-15H2,1-2H3,(H2,21,22,23). The van der Waals surface area contributed by atoms with Gasteiger partial charge in [0.05, 0.1) is 6.61 Å². The lowest BCUT2D eigenvalue weighted by molar-refractivity contribution is -0.147.